The van der Waals surface area contributed by atoms with Gasteiger partial charge in [-0.25, -0.2) is 4.39 Å². The maximum atomic E-state index is 12.9. The third kappa shape index (κ3) is 3.35. The van der Waals surface area contributed by atoms with Gasteiger partial charge in [-0.3, -0.25) is 0 Å². The van der Waals surface area contributed by atoms with Gasteiger partial charge < -0.3 is 0 Å². The van der Waals surface area contributed by atoms with E-state index in [-0.39, 0.29) is 5.82 Å². The largest absolute Gasteiger partial charge is 0.207 e. The summed E-state index contributed by atoms with van der Waals surface area (Å²) >= 11 is 0. The van der Waals surface area contributed by atoms with E-state index in [9.17, 15) is 4.39 Å². The van der Waals surface area contributed by atoms with Crippen molar-refractivity contribution in [2.24, 2.45) is 0 Å². The van der Waals surface area contributed by atoms with Crippen molar-refractivity contribution in [2.75, 3.05) is 0 Å². The van der Waals surface area contributed by atoms with Gasteiger partial charge in [-0.1, -0.05) is 25.6 Å². The van der Waals surface area contributed by atoms with Crippen LogP contribution in [0.15, 0.2) is 18.2 Å². The quantitative estimate of drug-likeness (QED) is 0.451. The lowest BCUT2D eigenvalue weighted by atomic mass is 10.1. The third-order valence-corrected chi connectivity index (χ3v) is 2.61. The fourth-order valence-corrected chi connectivity index (χ4v) is 1.50. The van der Waals surface area contributed by atoms with Gasteiger partial charge in [0.15, 0.2) is 0 Å². The molecule has 0 amide bonds. The minimum Gasteiger partial charge on any atom is -0.207 e. The van der Waals surface area contributed by atoms with Crippen LogP contribution in [0.25, 0.3) is 0 Å². The van der Waals surface area contributed by atoms with Crippen molar-refractivity contribution in [1.29, 1.82) is 0 Å². The summed E-state index contributed by atoms with van der Waals surface area (Å²) < 4.78 is 12.9. The van der Waals surface area contributed by atoms with Crippen LogP contribution in [-0.4, -0.2) is 8.07 Å². The zero-order valence-electron chi connectivity index (χ0n) is 9.11. The molecule has 1 aromatic rings. The molecule has 74 valence electrons. The second-order valence-corrected chi connectivity index (χ2v) is 9.21. The molecule has 0 spiro atoms. The summed E-state index contributed by atoms with van der Waals surface area (Å²) in [6.07, 6.45) is 0. The Morgan fingerprint density at radius 1 is 1.21 bits per heavy atom. The summed E-state index contributed by atoms with van der Waals surface area (Å²) in [4.78, 5) is 0. The standard InChI is InChI=1S/C12H15FSi/c1-10-9-11(5-6-12(10)13)7-8-14(2,3)4/h5-6,9H,1-4H3. The maximum absolute atomic E-state index is 12.9. The van der Waals surface area contributed by atoms with Crippen LogP contribution in [0.2, 0.25) is 19.6 Å². The van der Waals surface area contributed by atoms with E-state index in [4.69, 9.17) is 0 Å². The Labute approximate surface area is 86.2 Å². The molecular weight excluding hydrogens is 191 g/mol. The van der Waals surface area contributed by atoms with Gasteiger partial charge in [0.1, 0.15) is 13.9 Å². The first-order chi connectivity index (χ1) is 6.38. The predicted octanol–water partition coefficient (Wildman–Crippen LogP) is 3.36. The average Bonchev–Trinajstić information content (AvgIpc) is 2.06. The number of halogens is 1. The Balaban J connectivity index is 2.98. The fraction of sp³-hybridized carbons (Fsp3) is 0.333. The first-order valence-corrected chi connectivity index (χ1v) is 8.18. The molecule has 0 N–H and O–H groups in total. The normalized spacial score (nSPS) is 10.6. The Hall–Kier alpha value is -1.07. The maximum Gasteiger partial charge on any atom is 0.129 e. The zero-order chi connectivity index (χ0) is 10.8. The van der Waals surface area contributed by atoms with Crippen LogP contribution in [0.3, 0.4) is 0 Å². The van der Waals surface area contributed by atoms with Gasteiger partial charge in [0, 0.05) is 5.56 Å². The van der Waals surface area contributed by atoms with Crippen molar-refractivity contribution in [1.82, 2.24) is 0 Å². The van der Waals surface area contributed by atoms with Crippen molar-refractivity contribution >= 4 is 8.07 Å². The fourth-order valence-electron chi connectivity index (χ4n) is 0.982. The molecule has 0 aliphatic heterocycles. The van der Waals surface area contributed by atoms with Gasteiger partial charge in [0.25, 0.3) is 0 Å². The van der Waals surface area contributed by atoms with Crippen molar-refractivity contribution in [3.63, 3.8) is 0 Å². The minimum absolute atomic E-state index is 0.163. The van der Waals surface area contributed by atoms with E-state index in [2.05, 4.69) is 31.1 Å². The van der Waals surface area contributed by atoms with Crippen LogP contribution >= 0.6 is 0 Å². The van der Waals surface area contributed by atoms with Crippen LogP contribution in [0.5, 0.6) is 0 Å². The molecule has 0 nitrogen and oxygen atoms in total. The number of aryl methyl sites for hydroxylation is 1. The summed E-state index contributed by atoms with van der Waals surface area (Å²) in [5.74, 6) is 2.93. The summed E-state index contributed by atoms with van der Waals surface area (Å²) in [7, 11) is -1.33. The van der Waals surface area contributed by atoms with E-state index in [1.165, 1.54) is 6.07 Å². The molecule has 0 aromatic heterocycles. The molecule has 2 heteroatoms. The molecule has 0 fully saturated rings. The van der Waals surface area contributed by atoms with Crippen molar-refractivity contribution in [2.45, 2.75) is 26.6 Å². The van der Waals surface area contributed by atoms with Crippen molar-refractivity contribution < 1.29 is 4.39 Å². The highest BCUT2D eigenvalue weighted by molar-refractivity contribution is 6.83. The first-order valence-electron chi connectivity index (χ1n) is 4.68. The van der Waals surface area contributed by atoms with Crippen LogP contribution in [-0.2, 0) is 0 Å². The van der Waals surface area contributed by atoms with Gasteiger partial charge >= 0.3 is 0 Å². The SMILES string of the molecule is Cc1cc(C#C[Si](C)(C)C)ccc1F. The van der Waals surface area contributed by atoms with E-state index in [0.29, 0.717) is 5.56 Å². The molecule has 0 bridgehead atoms. The molecule has 14 heavy (non-hydrogen) atoms. The molecule has 0 radical (unpaired) electrons. The van der Waals surface area contributed by atoms with Gasteiger partial charge in [-0.05, 0) is 30.7 Å². The van der Waals surface area contributed by atoms with Gasteiger partial charge in [-0.15, -0.1) is 5.54 Å². The van der Waals surface area contributed by atoms with Crippen LogP contribution < -0.4 is 0 Å². The molecule has 0 unspecified atom stereocenters. The highest BCUT2D eigenvalue weighted by atomic mass is 28.3. The lowest BCUT2D eigenvalue weighted by Crippen LogP contribution is -2.16. The van der Waals surface area contributed by atoms with Gasteiger partial charge in [0.05, 0.1) is 0 Å². The monoisotopic (exact) mass is 206 g/mol. The third-order valence-electron chi connectivity index (χ3n) is 1.74. The second kappa shape index (κ2) is 3.98. The number of benzene rings is 1. The molecule has 1 aromatic carbocycles. The molecule has 0 aliphatic rings. The Kier molecular flexibility index (Phi) is 3.12. The van der Waals surface area contributed by atoms with Gasteiger partial charge in [0.2, 0.25) is 0 Å². The summed E-state index contributed by atoms with van der Waals surface area (Å²) in [5, 5.41) is 0. The lowest BCUT2D eigenvalue weighted by Gasteiger charge is -2.03. The predicted molar refractivity (Wildman–Crippen MR) is 61.4 cm³/mol. The summed E-state index contributed by atoms with van der Waals surface area (Å²) in [6, 6.07) is 5.00. The van der Waals surface area contributed by atoms with Crippen LogP contribution in [0.1, 0.15) is 11.1 Å². The van der Waals surface area contributed by atoms with Crippen LogP contribution in [0.4, 0.5) is 4.39 Å². The molecule has 0 saturated carbocycles. The second-order valence-electron chi connectivity index (χ2n) is 4.46. The molecule has 0 saturated heterocycles. The van der Waals surface area contributed by atoms with Gasteiger partial charge in [-0.2, -0.15) is 0 Å². The molecular formula is C12H15FSi. The van der Waals surface area contributed by atoms with E-state index in [0.717, 1.165) is 5.56 Å². The van der Waals surface area contributed by atoms with E-state index < -0.39 is 8.07 Å². The zero-order valence-corrected chi connectivity index (χ0v) is 10.1. The van der Waals surface area contributed by atoms with Crippen LogP contribution in [0, 0.1) is 24.2 Å². The summed E-state index contributed by atoms with van der Waals surface area (Å²) in [5.41, 5.74) is 4.82. The van der Waals surface area contributed by atoms with E-state index in [1.54, 1.807) is 19.1 Å². The van der Waals surface area contributed by atoms with Crippen molar-refractivity contribution in [3.05, 3.63) is 35.1 Å². The van der Waals surface area contributed by atoms with E-state index >= 15 is 0 Å². The first kappa shape index (κ1) is 11.0. The number of hydrogen-bond donors (Lipinski definition) is 0. The average molecular weight is 206 g/mol. The number of hydrogen-bond acceptors (Lipinski definition) is 0. The topological polar surface area (TPSA) is 0 Å². The smallest absolute Gasteiger partial charge is 0.129 e. The minimum atomic E-state index is -1.33. The molecule has 0 heterocycles. The van der Waals surface area contributed by atoms with Crippen molar-refractivity contribution in [3.8, 4) is 11.5 Å². The molecule has 1 rings (SSSR count). The highest BCUT2D eigenvalue weighted by Gasteiger charge is 2.07. The molecule has 0 aliphatic carbocycles. The Morgan fingerprint density at radius 2 is 1.86 bits per heavy atom. The summed E-state index contributed by atoms with van der Waals surface area (Å²) in [6.45, 7) is 8.33. The Bertz CT molecular complexity index is 391. The lowest BCUT2D eigenvalue weighted by molar-refractivity contribution is 0.618. The van der Waals surface area contributed by atoms with E-state index in [1.807, 2.05) is 0 Å². The Morgan fingerprint density at radius 3 is 2.36 bits per heavy atom. The highest BCUT2D eigenvalue weighted by Crippen LogP contribution is 2.08. The molecule has 0 atom stereocenters. The number of rotatable bonds is 0.